The first-order valence-corrected chi connectivity index (χ1v) is 8.74. The lowest BCUT2D eigenvalue weighted by Gasteiger charge is -2.18. The predicted molar refractivity (Wildman–Crippen MR) is 91.4 cm³/mol. The number of rotatable bonds is 4. The van der Waals surface area contributed by atoms with Crippen LogP contribution in [0.1, 0.15) is 53.4 Å². The molecule has 2 aromatic rings. The summed E-state index contributed by atoms with van der Waals surface area (Å²) in [6, 6.07) is 4.33. The molecule has 126 valence electrons. The van der Waals surface area contributed by atoms with Crippen LogP contribution >= 0.6 is 11.3 Å². The minimum absolute atomic E-state index is 0.125. The zero-order chi connectivity index (χ0) is 17.1. The summed E-state index contributed by atoms with van der Waals surface area (Å²) in [7, 11) is 1.26. The van der Waals surface area contributed by atoms with E-state index in [4.69, 9.17) is 0 Å². The van der Waals surface area contributed by atoms with Gasteiger partial charge in [-0.25, -0.2) is 9.78 Å². The minimum Gasteiger partial charge on any atom is -0.465 e. The SMILES string of the molecule is COC(=O)c1cc(-c2cnc(C3CCCCC3)s2)cc([N+](=O)[O-])c1. The molecular weight excluding hydrogens is 328 g/mol. The number of methoxy groups -OCH3 is 1. The van der Waals surface area contributed by atoms with Crippen LogP contribution in [0.2, 0.25) is 0 Å². The summed E-state index contributed by atoms with van der Waals surface area (Å²) in [6.07, 6.45) is 7.77. The Morgan fingerprint density at radius 2 is 2.04 bits per heavy atom. The third-order valence-electron chi connectivity index (χ3n) is 4.31. The molecule has 0 bridgehead atoms. The molecule has 1 heterocycles. The summed E-state index contributed by atoms with van der Waals surface area (Å²) in [4.78, 5) is 27.8. The Kier molecular flexibility index (Phi) is 4.89. The van der Waals surface area contributed by atoms with Gasteiger partial charge in [0.2, 0.25) is 0 Å². The lowest BCUT2D eigenvalue weighted by Crippen LogP contribution is -2.03. The summed E-state index contributed by atoms with van der Waals surface area (Å²) >= 11 is 1.56. The number of thiazole rings is 1. The molecule has 0 spiro atoms. The van der Waals surface area contributed by atoms with E-state index in [0.717, 1.165) is 22.7 Å². The standard InChI is InChI=1S/C17H18N2O4S/c1-23-17(20)13-7-12(8-14(9-13)19(21)22)15-10-18-16(24-15)11-5-3-2-4-6-11/h7-11H,2-6H2,1H3. The van der Waals surface area contributed by atoms with E-state index in [-0.39, 0.29) is 11.3 Å². The average molecular weight is 346 g/mol. The monoisotopic (exact) mass is 346 g/mol. The topological polar surface area (TPSA) is 82.3 Å². The second-order valence-electron chi connectivity index (χ2n) is 5.91. The summed E-state index contributed by atoms with van der Waals surface area (Å²) in [5.74, 6) is -0.103. The molecule has 0 atom stereocenters. The number of hydrogen-bond donors (Lipinski definition) is 0. The van der Waals surface area contributed by atoms with Crippen molar-refractivity contribution in [3.05, 3.63) is 45.1 Å². The Hall–Kier alpha value is -2.28. The van der Waals surface area contributed by atoms with Crippen LogP contribution in [-0.2, 0) is 4.74 Å². The van der Waals surface area contributed by atoms with Crippen LogP contribution in [-0.4, -0.2) is 23.0 Å². The predicted octanol–water partition coefficient (Wildman–Crippen LogP) is 4.55. The second-order valence-corrected chi connectivity index (χ2v) is 6.98. The van der Waals surface area contributed by atoms with Crippen molar-refractivity contribution in [3.8, 4) is 10.4 Å². The van der Waals surface area contributed by atoms with Crippen LogP contribution < -0.4 is 0 Å². The lowest BCUT2D eigenvalue weighted by molar-refractivity contribution is -0.384. The van der Waals surface area contributed by atoms with E-state index in [9.17, 15) is 14.9 Å². The Labute approximate surface area is 143 Å². The van der Waals surface area contributed by atoms with Gasteiger partial charge in [0.15, 0.2) is 0 Å². The van der Waals surface area contributed by atoms with Gasteiger partial charge in [-0.1, -0.05) is 19.3 Å². The number of nitro groups is 1. The Morgan fingerprint density at radius 1 is 1.29 bits per heavy atom. The van der Waals surface area contributed by atoms with E-state index in [1.54, 1.807) is 23.6 Å². The van der Waals surface area contributed by atoms with Gasteiger partial charge < -0.3 is 4.74 Å². The van der Waals surface area contributed by atoms with E-state index < -0.39 is 10.9 Å². The van der Waals surface area contributed by atoms with Gasteiger partial charge in [0.1, 0.15) is 0 Å². The van der Waals surface area contributed by atoms with Crippen molar-refractivity contribution in [2.45, 2.75) is 38.0 Å². The molecule has 1 aliphatic carbocycles. The number of non-ortho nitro benzene ring substituents is 1. The molecule has 0 saturated heterocycles. The van der Waals surface area contributed by atoms with Gasteiger partial charge >= 0.3 is 5.97 Å². The van der Waals surface area contributed by atoms with Crippen molar-refractivity contribution < 1.29 is 14.5 Å². The van der Waals surface area contributed by atoms with Gasteiger partial charge in [-0.3, -0.25) is 10.1 Å². The third kappa shape index (κ3) is 3.46. The zero-order valence-electron chi connectivity index (χ0n) is 13.4. The third-order valence-corrected chi connectivity index (χ3v) is 5.52. The zero-order valence-corrected chi connectivity index (χ0v) is 14.2. The maximum Gasteiger partial charge on any atom is 0.338 e. The molecule has 1 aromatic carbocycles. The highest BCUT2D eigenvalue weighted by Gasteiger charge is 2.21. The molecule has 0 unspecified atom stereocenters. The Bertz CT molecular complexity index is 766. The van der Waals surface area contributed by atoms with Gasteiger partial charge in [0, 0.05) is 29.8 Å². The first kappa shape index (κ1) is 16.6. The number of esters is 1. The van der Waals surface area contributed by atoms with Gasteiger partial charge in [0.25, 0.3) is 5.69 Å². The fourth-order valence-corrected chi connectivity index (χ4v) is 4.13. The molecule has 24 heavy (non-hydrogen) atoms. The van der Waals surface area contributed by atoms with Crippen LogP contribution in [0.25, 0.3) is 10.4 Å². The summed E-state index contributed by atoms with van der Waals surface area (Å²) in [5.41, 5.74) is 0.680. The summed E-state index contributed by atoms with van der Waals surface area (Å²) in [5, 5.41) is 12.2. The molecule has 1 aliphatic rings. The van der Waals surface area contributed by atoms with Gasteiger partial charge in [-0.15, -0.1) is 11.3 Å². The van der Waals surface area contributed by atoms with Crippen molar-refractivity contribution in [2.75, 3.05) is 7.11 Å². The smallest absolute Gasteiger partial charge is 0.338 e. The molecule has 1 aromatic heterocycles. The van der Waals surface area contributed by atoms with Crippen molar-refractivity contribution in [1.29, 1.82) is 0 Å². The molecule has 0 N–H and O–H groups in total. The number of carbonyl (C=O) groups is 1. The maximum absolute atomic E-state index is 11.8. The average Bonchev–Trinajstić information content (AvgIpc) is 3.11. The number of aromatic nitrogens is 1. The Morgan fingerprint density at radius 3 is 2.71 bits per heavy atom. The maximum atomic E-state index is 11.8. The fraction of sp³-hybridized carbons (Fsp3) is 0.412. The first-order chi connectivity index (χ1) is 11.6. The van der Waals surface area contributed by atoms with Gasteiger partial charge in [0.05, 0.1) is 27.5 Å². The van der Waals surface area contributed by atoms with E-state index in [0.29, 0.717) is 11.5 Å². The molecule has 0 radical (unpaired) electrons. The number of nitro benzene ring substituents is 1. The van der Waals surface area contributed by atoms with Crippen molar-refractivity contribution in [3.63, 3.8) is 0 Å². The number of benzene rings is 1. The number of nitrogens with zero attached hydrogens (tertiary/aromatic N) is 2. The van der Waals surface area contributed by atoms with E-state index in [1.165, 1.54) is 38.5 Å². The Balaban J connectivity index is 1.96. The molecular formula is C17H18N2O4S. The van der Waals surface area contributed by atoms with Crippen LogP contribution in [0.5, 0.6) is 0 Å². The molecule has 1 fully saturated rings. The van der Waals surface area contributed by atoms with Crippen LogP contribution in [0.15, 0.2) is 24.4 Å². The number of ether oxygens (including phenoxy) is 1. The number of carbonyl (C=O) groups excluding carboxylic acids is 1. The summed E-state index contributed by atoms with van der Waals surface area (Å²) in [6.45, 7) is 0. The van der Waals surface area contributed by atoms with Crippen LogP contribution in [0, 0.1) is 10.1 Å². The lowest BCUT2D eigenvalue weighted by atomic mass is 9.90. The highest BCUT2D eigenvalue weighted by Crippen LogP contribution is 2.38. The largest absolute Gasteiger partial charge is 0.465 e. The fourth-order valence-electron chi connectivity index (χ4n) is 3.05. The normalized spacial score (nSPS) is 15.2. The highest BCUT2D eigenvalue weighted by molar-refractivity contribution is 7.15. The molecule has 7 heteroatoms. The van der Waals surface area contributed by atoms with Crippen LogP contribution in [0.4, 0.5) is 5.69 Å². The molecule has 0 aliphatic heterocycles. The molecule has 1 saturated carbocycles. The van der Waals surface area contributed by atoms with Gasteiger partial charge in [-0.05, 0) is 18.9 Å². The van der Waals surface area contributed by atoms with E-state index in [1.807, 2.05) is 0 Å². The van der Waals surface area contributed by atoms with Gasteiger partial charge in [-0.2, -0.15) is 0 Å². The van der Waals surface area contributed by atoms with Crippen molar-refractivity contribution in [2.24, 2.45) is 0 Å². The minimum atomic E-state index is -0.586. The van der Waals surface area contributed by atoms with E-state index >= 15 is 0 Å². The second kappa shape index (κ2) is 7.09. The van der Waals surface area contributed by atoms with Crippen molar-refractivity contribution in [1.82, 2.24) is 4.98 Å². The van der Waals surface area contributed by atoms with E-state index in [2.05, 4.69) is 9.72 Å². The highest BCUT2D eigenvalue weighted by atomic mass is 32.1. The summed E-state index contributed by atoms with van der Waals surface area (Å²) < 4.78 is 4.69. The van der Waals surface area contributed by atoms with Crippen LogP contribution in [0.3, 0.4) is 0 Å². The number of hydrogen-bond acceptors (Lipinski definition) is 6. The van der Waals surface area contributed by atoms with Crippen molar-refractivity contribution >= 4 is 23.0 Å². The quantitative estimate of drug-likeness (QED) is 0.461. The molecule has 6 nitrogen and oxygen atoms in total. The molecule has 3 rings (SSSR count). The first-order valence-electron chi connectivity index (χ1n) is 7.92. The molecule has 0 amide bonds.